The van der Waals surface area contributed by atoms with Crippen LogP contribution in [0.3, 0.4) is 0 Å². The minimum Gasteiger partial charge on any atom is -0.379 e. The van der Waals surface area contributed by atoms with Crippen LogP contribution >= 0.6 is 0 Å². The third-order valence-electron chi connectivity index (χ3n) is 6.72. The molecule has 192 valence electrons. The van der Waals surface area contributed by atoms with Crippen molar-refractivity contribution in [1.82, 2.24) is 9.80 Å². The number of urea groups is 1. The number of rotatable bonds is 10. The molecule has 35 heavy (non-hydrogen) atoms. The highest BCUT2D eigenvalue weighted by atomic mass is 16.5. The van der Waals surface area contributed by atoms with Gasteiger partial charge in [-0.1, -0.05) is 58.0 Å². The first kappa shape index (κ1) is 27.0. The second kappa shape index (κ2) is 12.9. The molecule has 2 aromatic rings. The monoisotopic (exact) mass is 480 g/mol. The Kier molecular flexibility index (Phi) is 9.99. The van der Waals surface area contributed by atoms with E-state index in [9.17, 15) is 4.79 Å². The molecule has 0 bridgehead atoms. The summed E-state index contributed by atoms with van der Waals surface area (Å²) in [6.45, 7) is 14.5. The second-order valence-corrected chi connectivity index (χ2v) is 10.3. The Morgan fingerprint density at radius 3 is 2.11 bits per heavy atom. The van der Waals surface area contributed by atoms with Crippen LogP contribution in [0.4, 0.5) is 16.2 Å². The fraction of sp³-hybridized carbons (Fsp3) is 0.552. The number of anilines is 2. The normalized spacial score (nSPS) is 14.4. The van der Waals surface area contributed by atoms with E-state index in [2.05, 4.69) is 85.3 Å². The van der Waals surface area contributed by atoms with Crippen LogP contribution < -0.4 is 10.2 Å². The first-order valence-electron chi connectivity index (χ1n) is 13.0. The zero-order chi connectivity index (χ0) is 25.4. The molecule has 1 N–H and O–H groups in total. The lowest BCUT2D eigenvalue weighted by molar-refractivity contribution is 0.0365. The second-order valence-electron chi connectivity index (χ2n) is 10.3. The molecule has 6 heteroatoms. The van der Waals surface area contributed by atoms with Gasteiger partial charge in [0.2, 0.25) is 0 Å². The number of nitrogens with one attached hydrogen (secondary N) is 1. The third kappa shape index (κ3) is 7.71. The van der Waals surface area contributed by atoms with Gasteiger partial charge in [0.1, 0.15) is 0 Å². The van der Waals surface area contributed by atoms with E-state index in [1.165, 1.54) is 11.1 Å². The Bertz CT molecular complexity index is 908. The van der Waals surface area contributed by atoms with Crippen molar-refractivity contribution < 1.29 is 9.53 Å². The van der Waals surface area contributed by atoms with E-state index in [0.29, 0.717) is 24.9 Å². The zero-order valence-corrected chi connectivity index (χ0v) is 22.5. The van der Waals surface area contributed by atoms with Crippen LogP contribution in [0.15, 0.2) is 42.5 Å². The van der Waals surface area contributed by atoms with Crippen LogP contribution in [0.25, 0.3) is 0 Å². The molecule has 2 aromatic carbocycles. The summed E-state index contributed by atoms with van der Waals surface area (Å²) in [5.74, 6) is 0.662. The zero-order valence-electron chi connectivity index (χ0n) is 22.5. The first-order valence-corrected chi connectivity index (χ1v) is 13.0. The van der Waals surface area contributed by atoms with Gasteiger partial charge in [0.15, 0.2) is 0 Å². The van der Waals surface area contributed by atoms with E-state index in [0.717, 1.165) is 56.2 Å². The van der Waals surface area contributed by atoms with Crippen molar-refractivity contribution in [2.45, 2.75) is 52.5 Å². The Morgan fingerprint density at radius 1 is 0.971 bits per heavy atom. The number of benzene rings is 2. The average Bonchev–Trinajstić information content (AvgIpc) is 2.84. The highest BCUT2D eigenvalue weighted by molar-refractivity contribution is 5.91. The lowest BCUT2D eigenvalue weighted by Crippen LogP contribution is -2.40. The van der Waals surface area contributed by atoms with E-state index in [-0.39, 0.29) is 6.03 Å². The molecule has 1 aliphatic heterocycles. The van der Waals surface area contributed by atoms with E-state index < -0.39 is 0 Å². The summed E-state index contributed by atoms with van der Waals surface area (Å²) in [6, 6.07) is 14.8. The molecular weight excluding hydrogens is 436 g/mol. The number of ether oxygens (including phenoxy) is 1. The fourth-order valence-corrected chi connectivity index (χ4v) is 4.56. The number of para-hydroxylation sites is 1. The highest BCUT2D eigenvalue weighted by Gasteiger charge is 2.20. The van der Waals surface area contributed by atoms with Gasteiger partial charge in [-0.3, -0.25) is 4.90 Å². The summed E-state index contributed by atoms with van der Waals surface area (Å²) in [7, 11) is 4.08. The summed E-state index contributed by atoms with van der Waals surface area (Å²) in [5.41, 5.74) is 5.65. The van der Waals surface area contributed by atoms with Gasteiger partial charge < -0.3 is 19.9 Å². The molecule has 0 spiro atoms. The summed E-state index contributed by atoms with van der Waals surface area (Å²) in [4.78, 5) is 20.2. The number of carbonyl (C=O) groups is 1. The van der Waals surface area contributed by atoms with Crippen LogP contribution in [-0.4, -0.2) is 69.3 Å². The van der Waals surface area contributed by atoms with Gasteiger partial charge in [-0.15, -0.1) is 0 Å². The molecule has 6 nitrogen and oxygen atoms in total. The smallest absolute Gasteiger partial charge is 0.322 e. The molecule has 1 heterocycles. The van der Waals surface area contributed by atoms with Gasteiger partial charge in [0.05, 0.1) is 13.2 Å². The van der Waals surface area contributed by atoms with Crippen molar-refractivity contribution in [2.24, 2.45) is 0 Å². The Balaban J connectivity index is 1.78. The Labute approximate surface area is 212 Å². The van der Waals surface area contributed by atoms with Crippen LogP contribution in [-0.2, 0) is 11.3 Å². The minimum atomic E-state index is -0.0290. The third-order valence-corrected chi connectivity index (χ3v) is 6.72. The maximum atomic E-state index is 13.7. The average molecular weight is 481 g/mol. The largest absolute Gasteiger partial charge is 0.379 e. The maximum absolute atomic E-state index is 13.7. The van der Waals surface area contributed by atoms with Crippen molar-refractivity contribution in [2.75, 3.05) is 63.7 Å². The van der Waals surface area contributed by atoms with Crippen molar-refractivity contribution in [1.29, 1.82) is 0 Å². The number of amides is 2. The van der Waals surface area contributed by atoms with Crippen LogP contribution in [0, 0.1) is 0 Å². The van der Waals surface area contributed by atoms with Crippen molar-refractivity contribution in [3.63, 3.8) is 0 Å². The molecule has 3 rings (SSSR count). The van der Waals surface area contributed by atoms with Gasteiger partial charge in [-0.2, -0.15) is 0 Å². The molecule has 0 atom stereocenters. The molecule has 0 unspecified atom stereocenters. The van der Waals surface area contributed by atoms with Gasteiger partial charge in [-0.25, -0.2) is 4.79 Å². The van der Waals surface area contributed by atoms with Crippen molar-refractivity contribution in [3.05, 3.63) is 59.2 Å². The SMILES string of the molecule is CC(C)c1cccc(C(C)C)c1NC(=O)N(CCCN1CCOCC1)Cc1ccc(N(C)C)cc1. The van der Waals surface area contributed by atoms with Gasteiger partial charge in [0, 0.05) is 58.2 Å². The molecule has 1 aliphatic rings. The Hall–Kier alpha value is -2.57. The predicted molar refractivity (Wildman–Crippen MR) is 147 cm³/mol. The number of nitrogens with zero attached hydrogens (tertiary/aromatic N) is 3. The van der Waals surface area contributed by atoms with Crippen LogP contribution in [0.1, 0.15) is 62.6 Å². The standard InChI is InChI=1S/C29H44N4O2/c1-22(2)26-9-7-10-27(23(3)4)28(26)30-29(34)33(16-8-15-32-17-19-35-20-18-32)21-24-11-13-25(14-12-24)31(5)6/h7,9-14,22-23H,8,15-21H2,1-6H3,(H,30,34). The molecule has 1 fully saturated rings. The number of carbonyl (C=O) groups excluding carboxylic acids is 1. The lowest BCUT2D eigenvalue weighted by Gasteiger charge is -2.29. The molecule has 1 saturated heterocycles. The summed E-state index contributed by atoms with van der Waals surface area (Å²) in [5, 5.41) is 3.33. The quantitative estimate of drug-likeness (QED) is 0.470. The number of morpholine rings is 1. The lowest BCUT2D eigenvalue weighted by atomic mass is 9.93. The molecule has 0 saturated carbocycles. The minimum absolute atomic E-state index is 0.0290. The molecule has 0 aliphatic carbocycles. The molecule has 0 aromatic heterocycles. The highest BCUT2D eigenvalue weighted by Crippen LogP contribution is 2.32. The van der Waals surface area contributed by atoms with Crippen molar-refractivity contribution in [3.8, 4) is 0 Å². The van der Waals surface area contributed by atoms with Gasteiger partial charge >= 0.3 is 6.03 Å². The summed E-state index contributed by atoms with van der Waals surface area (Å²) >= 11 is 0. The summed E-state index contributed by atoms with van der Waals surface area (Å²) in [6.07, 6.45) is 0.937. The first-order chi connectivity index (χ1) is 16.8. The van der Waals surface area contributed by atoms with Crippen LogP contribution in [0.2, 0.25) is 0 Å². The van der Waals surface area contributed by atoms with E-state index in [4.69, 9.17) is 4.74 Å². The number of hydrogen-bond acceptors (Lipinski definition) is 4. The molecule has 2 amide bonds. The number of hydrogen-bond donors (Lipinski definition) is 1. The van der Waals surface area contributed by atoms with Crippen molar-refractivity contribution >= 4 is 17.4 Å². The van der Waals surface area contributed by atoms with E-state index in [1.54, 1.807) is 0 Å². The van der Waals surface area contributed by atoms with Gasteiger partial charge in [0.25, 0.3) is 0 Å². The topological polar surface area (TPSA) is 48.1 Å². The van der Waals surface area contributed by atoms with Gasteiger partial charge in [-0.05, 0) is 47.1 Å². The fourth-order valence-electron chi connectivity index (χ4n) is 4.56. The molecular formula is C29H44N4O2. The predicted octanol–water partition coefficient (Wildman–Crippen LogP) is 5.76. The molecule has 0 radical (unpaired) electrons. The summed E-state index contributed by atoms with van der Waals surface area (Å²) < 4.78 is 5.48. The van der Waals surface area contributed by atoms with Crippen LogP contribution in [0.5, 0.6) is 0 Å². The van der Waals surface area contributed by atoms with E-state index in [1.807, 2.05) is 19.0 Å². The van der Waals surface area contributed by atoms with E-state index >= 15 is 0 Å². The Morgan fingerprint density at radius 2 is 1.57 bits per heavy atom. The maximum Gasteiger partial charge on any atom is 0.322 e.